The number of hydrogen-bond donors (Lipinski definition) is 0. The summed E-state index contributed by atoms with van der Waals surface area (Å²) in [4.78, 5) is 0. The highest BCUT2D eigenvalue weighted by atomic mass is 14.5. The SMILES string of the molecule is CC1C=CC(C2(C(C)(C)C)CCCC2)=C1. The van der Waals surface area contributed by atoms with Crippen LogP contribution >= 0.6 is 0 Å². The second-order valence-corrected chi connectivity index (χ2v) is 6.38. The molecule has 15 heavy (non-hydrogen) atoms. The summed E-state index contributed by atoms with van der Waals surface area (Å²) in [6, 6.07) is 0. The number of rotatable bonds is 1. The maximum Gasteiger partial charge on any atom is -0.000156 e. The van der Waals surface area contributed by atoms with E-state index in [0.717, 1.165) is 0 Å². The van der Waals surface area contributed by atoms with Gasteiger partial charge in [-0.25, -0.2) is 0 Å². The van der Waals surface area contributed by atoms with Crippen LogP contribution < -0.4 is 0 Å². The van der Waals surface area contributed by atoms with Crippen LogP contribution in [-0.2, 0) is 0 Å². The monoisotopic (exact) mass is 204 g/mol. The van der Waals surface area contributed by atoms with Gasteiger partial charge in [0.25, 0.3) is 0 Å². The molecule has 0 nitrogen and oxygen atoms in total. The van der Waals surface area contributed by atoms with Crippen molar-refractivity contribution in [2.45, 2.75) is 53.4 Å². The number of hydrogen-bond acceptors (Lipinski definition) is 0. The average molecular weight is 204 g/mol. The standard InChI is InChI=1S/C15H24/c1-12-7-8-13(11-12)15(14(2,3)4)9-5-6-10-15/h7-8,11-12H,5-6,9-10H2,1-4H3. The van der Waals surface area contributed by atoms with Crippen molar-refractivity contribution < 1.29 is 0 Å². The van der Waals surface area contributed by atoms with Crippen LogP contribution in [-0.4, -0.2) is 0 Å². The highest BCUT2D eigenvalue weighted by Crippen LogP contribution is 2.57. The average Bonchev–Trinajstić information content (AvgIpc) is 2.69. The van der Waals surface area contributed by atoms with Gasteiger partial charge in [-0.3, -0.25) is 0 Å². The zero-order chi connectivity index (χ0) is 11.1. The molecule has 1 unspecified atom stereocenters. The van der Waals surface area contributed by atoms with E-state index in [9.17, 15) is 0 Å². The first-order chi connectivity index (χ1) is 6.96. The summed E-state index contributed by atoms with van der Waals surface area (Å²) in [7, 11) is 0. The van der Waals surface area contributed by atoms with Gasteiger partial charge in [0.05, 0.1) is 0 Å². The van der Waals surface area contributed by atoms with Gasteiger partial charge in [0.15, 0.2) is 0 Å². The van der Waals surface area contributed by atoms with Gasteiger partial charge in [-0.1, -0.05) is 58.8 Å². The lowest BCUT2D eigenvalue weighted by atomic mass is 9.61. The minimum atomic E-state index is 0.406. The van der Waals surface area contributed by atoms with Crippen LogP contribution in [0.25, 0.3) is 0 Å². The molecule has 0 heterocycles. The molecule has 0 heteroatoms. The summed E-state index contributed by atoms with van der Waals surface area (Å²) in [6.45, 7) is 9.52. The van der Waals surface area contributed by atoms with Crippen LogP contribution in [0.1, 0.15) is 53.4 Å². The molecule has 2 rings (SSSR count). The van der Waals surface area contributed by atoms with E-state index in [1.165, 1.54) is 25.7 Å². The quantitative estimate of drug-likeness (QED) is 0.579. The van der Waals surface area contributed by atoms with Crippen molar-refractivity contribution in [2.24, 2.45) is 16.7 Å². The fourth-order valence-electron chi connectivity index (χ4n) is 3.42. The van der Waals surface area contributed by atoms with Gasteiger partial charge >= 0.3 is 0 Å². The lowest BCUT2D eigenvalue weighted by Crippen LogP contribution is -2.34. The molecule has 0 amide bonds. The highest BCUT2D eigenvalue weighted by molar-refractivity contribution is 5.36. The Balaban J connectivity index is 2.36. The van der Waals surface area contributed by atoms with E-state index < -0.39 is 0 Å². The fraction of sp³-hybridized carbons (Fsp3) is 0.733. The smallest absolute Gasteiger partial charge is 0.000156 e. The van der Waals surface area contributed by atoms with Crippen molar-refractivity contribution >= 4 is 0 Å². The summed E-state index contributed by atoms with van der Waals surface area (Å²) >= 11 is 0. The molecular weight excluding hydrogens is 180 g/mol. The summed E-state index contributed by atoms with van der Waals surface area (Å²) in [6.07, 6.45) is 12.8. The molecule has 0 aromatic carbocycles. The predicted molar refractivity (Wildman–Crippen MR) is 66.7 cm³/mol. The Labute approximate surface area is 94.5 Å². The highest BCUT2D eigenvalue weighted by Gasteiger charge is 2.46. The van der Waals surface area contributed by atoms with E-state index in [1.54, 1.807) is 5.57 Å². The van der Waals surface area contributed by atoms with Crippen LogP contribution in [0.3, 0.4) is 0 Å². The maximum absolute atomic E-state index is 2.48. The Morgan fingerprint density at radius 1 is 1.20 bits per heavy atom. The van der Waals surface area contributed by atoms with E-state index in [4.69, 9.17) is 0 Å². The minimum Gasteiger partial charge on any atom is -0.0776 e. The van der Waals surface area contributed by atoms with Gasteiger partial charge in [-0.2, -0.15) is 0 Å². The molecule has 2 aliphatic carbocycles. The van der Waals surface area contributed by atoms with E-state index in [1.807, 2.05) is 0 Å². The Morgan fingerprint density at radius 2 is 1.80 bits per heavy atom. The van der Waals surface area contributed by atoms with Gasteiger partial charge < -0.3 is 0 Å². The molecule has 0 aliphatic heterocycles. The first kappa shape index (κ1) is 11.0. The minimum absolute atomic E-state index is 0.406. The van der Waals surface area contributed by atoms with Gasteiger partial charge in [-0.05, 0) is 35.2 Å². The lowest BCUT2D eigenvalue weighted by molar-refractivity contribution is 0.142. The molecule has 0 bridgehead atoms. The fourth-order valence-corrected chi connectivity index (χ4v) is 3.42. The van der Waals surface area contributed by atoms with Gasteiger partial charge in [-0.15, -0.1) is 0 Å². The first-order valence-electron chi connectivity index (χ1n) is 6.36. The molecule has 2 aliphatic rings. The molecular formula is C15H24. The first-order valence-corrected chi connectivity index (χ1v) is 6.36. The summed E-state index contributed by atoms with van der Waals surface area (Å²) < 4.78 is 0. The Kier molecular flexibility index (Phi) is 2.56. The zero-order valence-electron chi connectivity index (χ0n) is 10.6. The Bertz CT molecular complexity index is 292. The van der Waals surface area contributed by atoms with Crippen molar-refractivity contribution in [3.05, 3.63) is 23.8 Å². The van der Waals surface area contributed by atoms with Crippen molar-refractivity contribution in [1.82, 2.24) is 0 Å². The van der Waals surface area contributed by atoms with Gasteiger partial charge in [0, 0.05) is 0 Å². The van der Waals surface area contributed by atoms with Gasteiger partial charge in [0.2, 0.25) is 0 Å². The van der Waals surface area contributed by atoms with Crippen LogP contribution in [0.2, 0.25) is 0 Å². The summed E-state index contributed by atoms with van der Waals surface area (Å²) in [5.74, 6) is 0.653. The maximum atomic E-state index is 2.48. The van der Waals surface area contributed by atoms with Crippen LogP contribution in [0.15, 0.2) is 23.8 Å². The second kappa shape index (κ2) is 3.50. The van der Waals surface area contributed by atoms with E-state index in [2.05, 4.69) is 45.9 Å². The Morgan fingerprint density at radius 3 is 2.20 bits per heavy atom. The van der Waals surface area contributed by atoms with Crippen LogP contribution in [0.5, 0.6) is 0 Å². The van der Waals surface area contributed by atoms with Crippen molar-refractivity contribution in [2.75, 3.05) is 0 Å². The van der Waals surface area contributed by atoms with E-state index in [0.29, 0.717) is 16.7 Å². The third kappa shape index (κ3) is 1.68. The third-order valence-electron chi connectivity index (χ3n) is 4.47. The second-order valence-electron chi connectivity index (χ2n) is 6.38. The largest absolute Gasteiger partial charge is 0.0776 e. The molecule has 0 radical (unpaired) electrons. The summed E-state index contributed by atoms with van der Waals surface area (Å²) in [5, 5.41) is 0. The topological polar surface area (TPSA) is 0 Å². The van der Waals surface area contributed by atoms with Gasteiger partial charge in [0.1, 0.15) is 0 Å². The molecule has 1 fully saturated rings. The normalized spacial score (nSPS) is 29.6. The predicted octanol–water partition coefficient (Wildman–Crippen LogP) is 4.73. The lowest BCUT2D eigenvalue weighted by Gasteiger charge is -2.43. The van der Waals surface area contributed by atoms with Crippen LogP contribution in [0.4, 0.5) is 0 Å². The molecule has 84 valence electrons. The molecule has 1 saturated carbocycles. The third-order valence-corrected chi connectivity index (χ3v) is 4.47. The van der Waals surface area contributed by atoms with Crippen molar-refractivity contribution in [1.29, 1.82) is 0 Å². The zero-order valence-corrected chi connectivity index (χ0v) is 10.6. The van der Waals surface area contributed by atoms with Crippen LogP contribution in [0, 0.1) is 16.7 Å². The summed E-state index contributed by atoms with van der Waals surface area (Å²) in [5.41, 5.74) is 2.50. The van der Waals surface area contributed by atoms with E-state index in [-0.39, 0.29) is 0 Å². The Hall–Kier alpha value is -0.520. The van der Waals surface area contributed by atoms with Crippen molar-refractivity contribution in [3.8, 4) is 0 Å². The van der Waals surface area contributed by atoms with Crippen molar-refractivity contribution in [3.63, 3.8) is 0 Å². The number of allylic oxidation sites excluding steroid dienone is 4. The molecule has 0 spiro atoms. The van der Waals surface area contributed by atoms with E-state index >= 15 is 0 Å². The molecule has 0 N–H and O–H groups in total. The molecule has 0 aromatic heterocycles. The molecule has 0 saturated heterocycles. The molecule has 1 atom stereocenters. The molecule has 0 aromatic rings.